The number of anilines is 1. The summed E-state index contributed by atoms with van der Waals surface area (Å²) in [6, 6.07) is 12.7. The molecule has 148 valence electrons. The maximum atomic E-state index is 12.9. The molecule has 4 rings (SSSR count). The normalized spacial score (nSPS) is 17.4. The van der Waals surface area contributed by atoms with Crippen LogP contribution in [0.25, 0.3) is 6.08 Å². The van der Waals surface area contributed by atoms with Gasteiger partial charge in [0.1, 0.15) is 5.70 Å². The SMILES string of the molecule is COc1cc(/C=C2\NC(=S)N(c3ccc(C)cc3)C2=O)ccc1OC(=O)C1CC1. The molecule has 6 nitrogen and oxygen atoms in total. The molecular formula is C22H20N2O4S. The number of carbonyl (C=O) groups excluding carboxylic acids is 2. The molecule has 0 bridgehead atoms. The number of nitrogens with zero attached hydrogens (tertiary/aromatic N) is 1. The average Bonchev–Trinajstić information content (AvgIpc) is 3.51. The first-order valence-electron chi connectivity index (χ1n) is 9.30. The average molecular weight is 408 g/mol. The number of hydrogen-bond acceptors (Lipinski definition) is 5. The largest absolute Gasteiger partial charge is 0.493 e. The molecule has 1 aliphatic carbocycles. The van der Waals surface area contributed by atoms with E-state index in [2.05, 4.69) is 5.32 Å². The summed E-state index contributed by atoms with van der Waals surface area (Å²) < 4.78 is 10.8. The summed E-state index contributed by atoms with van der Waals surface area (Å²) in [6.45, 7) is 1.98. The fourth-order valence-corrected chi connectivity index (χ4v) is 3.30. The molecule has 2 fully saturated rings. The van der Waals surface area contributed by atoms with Crippen LogP contribution in [0.1, 0.15) is 24.0 Å². The third kappa shape index (κ3) is 4.00. The van der Waals surface area contributed by atoms with Crippen molar-refractivity contribution in [3.63, 3.8) is 0 Å². The van der Waals surface area contributed by atoms with E-state index in [0.717, 1.165) is 24.0 Å². The molecule has 1 heterocycles. The Labute approximate surface area is 174 Å². The number of aryl methyl sites for hydroxylation is 1. The van der Waals surface area contributed by atoms with Crippen LogP contribution in [0.3, 0.4) is 0 Å². The number of esters is 1. The lowest BCUT2D eigenvalue weighted by Crippen LogP contribution is -2.30. The van der Waals surface area contributed by atoms with Crippen LogP contribution in [0, 0.1) is 12.8 Å². The molecule has 2 aliphatic rings. The second-order valence-electron chi connectivity index (χ2n) is 7.07. The molecule has 7 heteroatoms. The van der Waals surface area contributed by atoms with E-state index in [1.807, 2.05) is 31.2 Å². The zero-order valence-electron chi connectivity index (χ0n) is 16.1. The highest BCUT2D eigenvalue weighted by atomic mass is 32.1. The Morgan fingerprint density at radius 3 is 2.55 bits per heavy atom. The summed E-state index contributed by atoms with van der Waals surface area (Å²) in [7, 11) is 1.51. The Morgan fingerprint density at radius 1 is 1.17 bits per heavy atom. The Bertz CT molecular complexity index is 1030. The fraction of sp³-hybridized carbons (Fsp3) is 0.227. The van der Waals surface area contributed by atoms with Crippen LogP contribution in [0.4, 0.5) is 5.69 Å². The van der Waals surface area contributed by atoms with Crippen molar-refractivity contribution in [3.05, 3.63) is 59.3 Å². The lowest BCUT2D eigenvalue weighted by molar-refractivity contribution is -0.135. The number of nitrogens with one attached hydrogen (secondary N) is 1. The summed E-state index contributed by atoms with van der Waals surface area (Å²) in [4.78, 5) is 26.2. The Hall–Kier alpha value is -3.19. The van der Waals surface area contributed by atoms with Gasteiger partial charge in [-0.3, -0.25) is 14.5 Å². The maximum absolute atomic E-state index is 12.9. The molecule has 0 radical (unpaired) electrons. The monoisotopic (exact) mass is 408 g/mol. The molecule has 0 atom stereocenters. The van der Waals surface area contributed by atoms with Gasteiger partial charge < -0.3 is 14.8 Å². The van der Waals surface area contributed by atoms with Gasteiger partial charge in [-0.1, -0.05) is 23.8 Å². The van der Waals surface area contributed by atoms with E-state index in [1.165, 1.54) is 12.0 Å². The van der Waals surface area contributed by atoms with Crippen LogP contribution in [-0.2, 0) is 9.59 Å². The Balaban J connectivity index is 1.57. The highest BCUT2D eigenvalue weighted by molar-refractivity contribution is 7.80. The van der Waals surface area contributed by atoms with E-state index in [4.69, 9.17) is 21.7 Å². The molecule has 0 spiro atoms. The summed E-state index contributed by atoms with van der Waals surface area (Å²) in [5, 5.41) is 3.29. The minimum Gasteiger partial charge on any atom is -0.493 e. The number of benzene rings is 2. The molecule has 1 aliphatic heterocycles. The van der Waals surface area contributed by atoms with E-state index in [9.17, 15) is 9.59 Å². The molecule has 2 aromatic carbocycles. The number of hydrogen-bond donors (Lipinski definition) is 1. The van der Waals surface area contributed by atoms with Gasteiger partial charge >= 0.3 is 5.97 Å². The highest BCUT2D eigenvalue weighted by Gasteiger charge is 2.33. The lowest BCUT2D eigenvalue weighted by Gasteiger charge is -2.14. The first-order chi connectivity index (χ1) is 14.0. The van der Waals surface area contributed by atoms with Crippen molar-refractivity contribution >= 4 is 41.0 Å². The van der Waals surface area contributed by atoms with Crippen LogP contribution in [-0.4, -0.2) is 24.1 Å². The van der Waals surface area contributed by atoms with E-state index in [1.54, 1.807) is 24.3 Å². The second-order valence-corrected chi connectivity index (χ2v) is 7.46. The second kappa shape index (κ2) is 7.67. The van der Waals surface area contributed by atoms with Crippen molar-refractivity contribution in [2.24, 2.45) is 5.92 Å². The zero-order valence-corrected chi connectivity index (χ0v) is 16.9. The van der Waals surface area contributed by atoms with Crippen molar-refractivity contribution < 1.29 is 19.1 Å². The highest BCUT2D eigenvalue weighted by Crippen LogP contribution is 2.34. The van der Waals surface area contributed by atoms with Crippen LogP contribution in [0.2, 0.25) is 0 Å². The molecule has 1 amide bonds. The van der Waals surface area contributed by atoms with E-state index < -0.39 is 0 Å². The quantitative estimate of drug-likeness (QED) is 0.353. The zero-order chi connectivity index (χ0) is 20.5. The molecular weight excluding hydrogens is 388 g/mol. The van der Waals surface area contributed by atoms with Crippen molar-refractivity contribution in [1.29, 1.82) is 0 Å². The number of ether oxygens (including phenoxy) is 2. The molecule has 2 aromatic rings. The molecule has 1 saturated heterocycles. The first kappa shape index (κ1) is 19.1. The molecule has 29 heavy (non-hydrogen) atoms. The third-order valence-electron chi connectivity index (χ3n) is 4.79. The molecule has 0 aromatic heterocycles. The predicted octanol–water partition coefficient (Wildman–Crippen LogP) is 3.58. The minimum atomic E-state index is -0.235. The lowest BCUT2D eigenvalue weighted by atomic mass is 10.1. The minimum absolute atomic E-state index is 0.00409. The van der Waals surface area contributed by atoms with E-state index >= 15 is 0 Å². The van der Waals surface area contributed by atoms with Crippen molar-refractivity contribution in [3.8, 4) is 11.5 Å². The van der Waals surface area contributed by atoms with Crippen molar-refractivity contribution in [2.75, 3.05) is 12.0 Å². The standard InChI is InChI=1S/C22H20N2O4S/c1-13-3-8-16(9-4-13)24-20(25)17(23-22(24)29)11-14-5-10-18(19(12-14)27-2)28-21(26)15-6-7-15/h3-5,8-12,15H,6-7H2,1-2H3,(H,23,29)/b17-11-. The first-order valence-corrected chi connectivity index (χ1v) is 9.70. The van der Waals surface area contributed by atoms with E-state index in [0.29, 0.717) is 28.0 Å². The van der Waals surface area contributed by atoms with Gasteiger partial charge in [-0.05, 0) is 67.9 Å². The van der Waals surface area contributed by atoms with Crippen molar-refractivity contribution in [1.82, 2.24) is 5.32 Å². The number of methoxy groups -OCH3 is 1. The summed E-state index contributed by atoms with van der Waals surface area (Å²) in [6.07, 6.45) is 3.44. The van der Waals surface area contributed by atoms with Gasteiger partial charge in [-0.25, -0.2) is 0 Å². The number of thiocarbonyl (C=S) groups is 1. The van der Waals surface area contributed by atoms with Gasteiger partial charge in [0, 0.05) is 0 Å². The Morgan fingerprint density at radius 2 is 1.90 bits per heavy atom. The van der Waals surface area contributed by atoms with Crippen LogP contribution >= 0.6 is 12.2 Å². The van der Waals surface area contributed by atoms with Crippen molar-refractivity contribution in [2.45, 2.75) is 19.8 Å². The molecule has 0 unspecified atom stereocenters. The van der Waals surface area contributed by atoms with Gasteiger partial charge in [0.25, 0.3) is 5.91 Å². The van der Waals surface area contributed by atoms with Gasteiger partial charge in [0.05, 0.1) is 18.7 Å². The predicted molar refractivity (Wildman–Crippen MR) is 114 cm³/mol. The summed E-state index contributed by atoms with van der Waals surface area (Å²) >= 11 is 5.34. The molecule has 1 N–H and O–H groups in total. The van der Waals surface area contributed by atoms with Gasteiger partial charge in [-0.15, -0.1) is 0 Å². The van der Waals surface area contributed by atoms with E-state index in [-0.39, 0.29) is 17.8 Å². The van der Waals surface area contributed by atoms with Crippen LogP contribution < -0.4 is 19.7 Å². The maximum Gasteiger partial charge on any atom is 0.314 e. The summed E-state index contributed by atoms with van der Waals surface area (Å²) in [5.41, 5.74) is 2.89. The van der Waals surface area contributed by atoms with Crippen LogP contribution in [0.15, 0.2) is 48.2 Å². The summed E-state index contributed by atoms with van der Waals surface area (Å²) in [5.74, 6) is 0.324. The fourth-order valence-electron chi connectivity index (χ4n) is 3.00. The number of carbonyl (C=O) groups is 2. The van der Waals surface area contributed by atoms with Gasteiger partial charge in [-0.2, -0.15) is 0 Å². The molecule has 1 saturated carbocycles. The Kier molecular flexibility index (Phi) is 5.07. The van der Waals surface area contributed by atoms with Gasteiger partial charge in [0.2, 0.25) is 0 Å². The smallest absolute Gasteiger partial charge is 0.314 e. The van der Waals surface area contributed by atoms with Crippen LogP contribution in [0.5, 0.6) is 11.5 Å². The number of amides is 1. The number of rotatable bonds is 5. The third-order valence-corrected chi connectivity index (χ3v) is 5.07. The van der Waals surface area contributed by atoms with Gasteiger partial charge in [0.15, 0.2) is 16.6 Å². The topological polar surface area (TPSA) is 67.9 Å².